The fourth-order valence-electron chi connectivity index (χ4n) is 0.801. The molecule has 0 fully saturated rings. The highest BCUT2D eigenvalue weighted by Crippen LogP contribution is 2.29. The Bertz CT molecular complexity index is 370. The van der Waals surface area contributed by atoms with Crippen LogP contribution in [0, 0.1) is 0 Å². The Morgan fingerprint density at radius 3 is 2.62 bits per heavy atom. The third kappa shape index (κ3) is 4.35. The molecule has 16 heavy (non-hydrogen) atoms. The molecule has 4 nitrogen and oxygen atoms in total. The molecule has 1 aromatic rings. The predicted octanol–water partition coefficient (Wildman–Crippen LogP) is 1.99. The lowest BCUT2D eigenvalue weighted by molar-refractivity contribution is -0.141. The van der Waals surface area contributed by atoms with Crippen molar-refractivity contribution in [2.45, 2.75) is 6.18 Å². The lowest BCUT2D eigenvalue weighted by Crippen LogP contribution is -2.11. The molecule has 0 bridgehead atoms. The second-order valence-corrected chi connectivity index (χ2v) is 2.56. The summed E-state index contributed by atoms with van der Waals surface area (Å²) in [4.78, 5) is 13.2. The molecule has 1 rings (SSSR count). The van der Waals surface area contributed by atoms with Gasteiger partial charge < -0.3 is 9.84 Å². The molecule has 0 amide bonds. The summed E-state index contributed by atoms with van der Waals surface area (Å²) in [5, 5.41) is 8.24. The van der Waals surface area contributed by atoms with E-state index in [1.54, 1.807) is 0 Å². The van der Waals surface area contributed by atoms with Gasteiger partial charge in [-0.2, -0.15) is 13.2 Å². The number of hydrogen-bond donors (Lipinski definition) is 1. The van der Waals surface area contributed by atoms with Gasteiger partial charge in [0.2, 0.25) is 0 Å². The lowest BCUT2D eigenvalue weighted by Gasteiger charge is -2.07. The number of carboxylic acid groups (broad SMARTS) is 1. The molecular weight excluding hydrogens is 251 g/mol. The van der Waals surface area contributed by atoms with Gasteiger partial charge in [-0.05, 0) is 6.07 Å². The SMILES string of the molecule is Cl.O=C(O)COc1ccnc(C(F)(F)F)c1. The summed E-state index contributed by atoms with van der Waals surface area (Å²) in [6.45, 7) is -0.693. The molecule has 0 aliphatic heterocycles. The average Bonchev–Trinajstić information content (AvgIpc) is 2.14. The summed E-state index contributed by atoms with van der Waals surface area (Å²) in [5.74, 6) is -1.44. The molecule has 0 radical (unpaired) electrons. The number of carbonyl (C=O) groups is 1. The Balaban J connectivity index is 0.00000225. The summed E-state index contributed by atoms with van der Waals surface area (Å²) in [6, 6.07) is 1.79. The minimum Gasteiger partial charge on any atom is -0.482 e. The minimum absolute atomic E-state index is 0. The van der Waals surface area contributed by atoms with E-state index in [1.165, 1.54) is 0 Å². The number of pyridine rings is 1. The number of nitrogens with zero attached hydrogens (tertiary/aromatic N) is 1. The van der Waals surface area contributed by atoms with Crippen molar-refractivity contribution in [1.82, 2.24) is 4.98 Å². The zero-order valence-corrected chi connectivity index (χ0v) is 8.51. The fourth-order valence-corrected chi connectivity index (χ4v) is 0.801. The quantitative estimate of drug-likeness (QED) is 0.900. The first-order valence-electron chi connectivity index (χ1n) is 3.77. The molecule has 1 aromatic heterocycles. The molecule has 0 saturated heterocycles. The van der Waals surface area contributed by atoms with Crippen molar-refractivity contribution in [2.24, 2.45) is 0 Å². The number of halogens is 4. The Labute approximate surface area is 94.5 Å². The van der Waals surface area contributed by atoms with Crippen LogP contribution >= 0.6 is 12.4 Å². The summed E-state index contributed by atoms with van der Waals surface area (Å²) in [7, 11) is 0. The highest BCUT2D eigenvalue weighted by atomic mass is 35.5. The molecule has 8 heteroatoms. The maximum absolute atomic E-state index is 12.1. The van der Waals surface area contributed by atoms with Crippen molar-refractivity contribution in [2.75, 3.05) is 6.61 Å². The van der Waals surface area contributed by atoms with E-state index in [2.05, 4.69) is 9.72 Å². The van der Waals surface area contributed by atoms with Crippen molar-refractivity contribution in [3.05, 3.63) is 24.0 Å². The van der Waals surface area contributed by atoms with Gasteiger partial charge in [0.25, 0.3) is 0 Å². The van der Waals surface area contributed by atoms with Crippen molar-refractivity contribution < 1.29 is 27.8 Å². The summed E-state index contributed by atoms with van der Waals surface area (Å²) >= 11 is 0. The summed E-state index contributed by atoms with van der Waals surface area (Å²) in [5.41, 5.74) is -1.12. The van der Waals surface area contributed by atoms with Crippen LogP contribution in [0.5, 0.6) is 5.75 Å². The molecule has 0 spiro atoms. The largest absolute Gasteiger partial charge is 0.482 e. The van der Waals surface area contributed by atoms with Gasteiger partial charge >= 0.3 is 12.1 Å². The molecule has 0 aliphatic rings. The number of rotatable bonds is 3. The Morgan fingerprint density at radius 2 is 2.12 bits per heavy atom. The number of aromatic nitrogens is 1. The molecule has 0 saturated carbocycles. The highest BCUT2D eigenvalue weighted by Gasteiger charge is 2.32. The van der Waals surface area contributed by atoms with Crippen LogP contribution in [0.3, 0.4) is 0 Å². The van der Waals surface area contributed by atoms with E-state index in [0.29, 0.717) is 6.07 Å². The Morgan fingerprint density at radius 1 is 1.50 bits per heavy atom. The molecule has 1 heterocycles. The van der Waals surface area contributed by atoms with Gasteiger partial charge in [-0.15, -0.1) is 12.4 Å². The topological polar surface area (TPSA) is 59.4 Å². The van der Waals surface area contributed by atoms with Crippen LogP contribution in [0.4, 0.5) is 13.2 Å². The smallest absolute Gasteiger partial charge is 0.433 e. The minimum atomic E-state index is -4.57. The number of alkyl halides is 3. The lowest BCUT2D eigenvalue weighted by atomic mass is 10.3. The van der Waals surface area contributed by atoms with Crippen LogP contribution in [-0.4, -0.2) is 22.7 Å². The predicted molar refractivity (Wildman–Crippen MR) is 49.6 cm³/mol. The van der Waals surface area contributed by atoms with Crippen LogP contribution in [-0.2, 0) is 11.0 Å². The normalized spacial score (nSPS) is 10.4. The first-order chi connectivity index (χ1) is 6.89. The molecule has 0 aromatic carbocycles. The van der Waals surface area contributed by atoms with E-state index < -0.39 is 24.4 Å². The second kappa shape index (κ2) is 5.55. The van der Waals surface area contributed by atoms with Gasteiger partial charge in [0, 0.05) is 12.3 Å². The molecule has 1 N–H and O–H groups in total. The van der Waals surface area contributed by atoms with Gasteiger partial charge in [0.05, 0.1) is 0 Å². The summed E-state index contributed by atoms with van der Waals surface area (Å²) in [6.07, 6.45) is -3.66. The molecule has 0 atom stereocenters. The van der Waals surface area contributed by atoms with Crippen LogP contribution in [0.2, 0.25) is 0 Å². The van der Waals surface area contributed by atoms with E-state index >= 15 is 0 Å². The first-order valence-corrected chi connectivity index (χ1v) is 3.77. The zero-order chi connectivity index (χ0) is 11.5. The van der Waals surface area contributed by atoms with Crippen LogP contribution < -0.4 is 4.74 Å². The maximum atomic E-state index is 12.1. The van der Waals surface area contributed by atoms with Gasteiger partial charge in [-0.3, -0.25) is 4.98 Å². The molecule has 0 unspecified atom stereocenters. The summed E-state index contributed by atoms with van der Waals surface area (Å²) < 4.78 is 41.0. The van der Waals surface area contributed by atoms with Crippen LogP contribution in [0.15, 0.2) is 18.3 Å². The van der Waals surface area contributed by atoms with Crippen molar-refractivity contribution >= 4 is 18.4 Å². The van der Waals surface area contributed by atoms with Gasteiger partial charge in [0.1, 0.15) is 11.4 Å². The number of aliphatic carboxylic acids is 1. The van der Waals surface area contributed by atoms with E-state index in [1.807, 2.05) is 0 Å². The maximum Gasteiger partial charge on any atom is 0.433 e. The third-order valence-corrected chi connectivity index (χ3v) is 1.38. The number of hydrogen-bond acceptors (Lipinski definition) is 3. The van der Waals surface area contributed by atoms with Crippen molar-refractivity contribution in [1.29, 1.82) is 0 Å². The van der Waals surface area contributed by atoms with E-state index in [-0.39, 0.29) is 18.2 Å². The van der Waals surface area contributed by atoms with Crippen LogP contribution in [0.25, 0.3) is 0 Å². The van der Waals surface area contributed by atoms with Gasteiger partial charge in [-0.25, -0.2) is 4.79 Å². The third-order valence-electron chi connectivity index (χ3n) is 1.38. The fraction of sp³-hybridized carbons (Fsp3) is 0.250. The van der Waals surface area contributed by atoms with Gasteiger partial charge in [-0.1, -0.05) is 0 Å². The van der Waals surface area contributed by atoms with Gasteiger partial charge in [0.15, 0.2) is 6.61 Å². The Kier molecular flexibility index (Phi) is 5.03. The highest BCUT2D eigenvalue weighted by molar-refractivity contribution is 5.85. The van der Waals surface area contributed by atoms with Crippen LogP contribution in [0.1, 0.15) is 5.69 Å². The molecule has 0 aliphatic carbocycles. The van der Waals surface area contributed by atoms with E-state index in [4.69, 9.17) is 5.11 Å². The standard InChI is InChI=1S/C8H6F3NO3.ClH/c9-8(10,11)6-3-5(1-2-12-6)15-4-7(13)14;/h1-3H,4H2,(H,13,14);1H. The van der Waals surface area contributed by atoms with E-state index in [0.717, 1.165) is 12.3 Å². The zero-order valence-electron chi connectivity index (χ0n) is 7.69. The monoisotopic (exact) mass is 257 g/mol. The average molecular weight is 258 g/mol. The second-order valence-electron chi connectivity index (χ2n) is 2.56. The van der Waals surface area contributed by atoms with Crippen molar-refractivity contribution in [3.8, 4) is 5.75 Å². The number of carboxylic acids is 1. The van der Waals surface area contributed by atoms with Crippen molar-refractivity contribution in [3.63, 3.8) is 0 Å². The molecular formula is C8H7ClF3NO3. The Hall–Kier alpha value is -1.50. The number of ether oxygens (including phenoxy) is 1. The van der Waals surface area contributed by atoms with E-state index in [9.17, 15) is 18.0 Å². The molecule has 90 valence electrons. The first kappa shape index (κ1) is 14.5.